The van der Waals surface area contributed by atoms with Crippen LogP contribution < -0.4 is 5.73 Å². The SMILES string of the molecule is CC1(C)OB([C@H](N)c2cc(C(F)(F)F)cc(C(F)(F)F)c2)OC1(C)C. The van der Waals surface area contributed by atoms with Gasteiger partial charge in [-0.05, 0) is 51.5 Å². The van der Waals surface area contributed by atoms with Crippen LogP contribution in [0.3, 0.4) is 0 Å². The molecule has 0 spiro atoms. The van der Waals surface area contributed by atoms with Crippen molar-refractivity contribution in [1.29, 1.82) is 0 Å². The van der Waals surface area contributed by atoms with Gasteiger partial charge in [-0.15, -0.1) is 0 Å². The summed E-state index contributed by atoms with van der Waals surface area (Å²) in [6.45, 7) is 6.81. The lowest BCUT2D eigenvalue weighted by Gasteiger charge is -2.32. The zero-order chi connectivity index (χ0) is 19.4. The highest BCUT2D eigenvalue weighted by Gasteiger charge is 2.53. The van der Waals surface area contributed by atoms with Crippen LogP contribution in [0.4, 0.5) is 26.3 Å². The van der Waals surface area contributed by atoms with Crippen LogP contribution in [0.5, 0.6) is 0 Å². The Morgan fingerprint density at radius 1 is 0.840 bits per heavy atom. The quantitative estimate of drug-likeness (QED) is 0.623. The molecule has 3 nitrogen and oxygen atoms in total. The minimum atomic E-state index is -4.94. The second-order valence-corrected chi connectivity index (χ2v) is 6.99. The molecule has 0 unspecified atom stereocenters. The van der Waals surface area contributed by atoms with E-state index in [0.717, 1.165) is 0 Å². The fourth-order valence-corrected chi connectivity index (χ4v) is 2.36. The van der Waals surface area contributed by atoms with Crippen LogP contribution >= 0.6 is 0 Å². The molecule has 0 amide bonds. The van der Waals surface area contributed by atoms with Crippen molar-refractivity contribution in [3.8, 4) is 0 Å². The predicted molar refractivity (Wildman–Crippen MR) is 79.5 cm³/mol. The summed E-state index contributed by atoms with van der Waals surface area (Å²) in [7, 11) is -1.17. The van der Waals surface area contributed by atoms with E-state index in [1.54, 1.807) is 27.7 Å². The molecule has 1 heterocycles. The summed E-state index contributed by atoms with van der Waals surface area (Å²) in [4.78, 5) is 0. The Kier molecular flexibility index (Phi) is 4.72. The van der Waals surface area contributed by atoms with E-state index in [0.29, 0.717) is 12.1 Å². The van der Waals surface area contributed by atoms with E-state index in [1.165, 1.54) is 0 Å². The molecule has 0 saturated carbocycles. The first-order valence-electron chi connectivity index (χ1n) is 7.45. The molecule has 0 aromatic heterocycles. The molecule has 1 aromatic carbocycles. The molecule has 10 heteroatoms. The molecule has 1 aliphatic rings. The van der Waals surface area contributed by atoms with Crippen molar-refractivity contribution >= 4 is 7.12 Å². The smallest absolute Gasteiger partial charge is 0.402 e. The van der Waals surface area contributed by atoms with Crippen molar-refractivity contribution in [2.75, 3.05) is 0 Å². The monoisotopic (exact) mass is 369 g/mol. The van der Waals surface area contributed by atoms with Crippen LogP contribution in [0, 0.1) is 0 Å². The van der Waals surface area contributed by atoms with Gasteiger partial charge in [0, 0.05) is 0 Å². The van der Waals surface area contributed by atoms with Crippen molar-refractivity contribution in [2.45, 2.75) is 57.2 Å². The lowest BCUT2D eigenvalue weighted by molar-refractivity contribution is -0.143. The number of hydrogen-bond donors (Lipinski definition) is 1. The lowest BCUT2D eigenvalue weighted by Crippen LogP contribution is -2.41. The minimum absolute atomic E-state index is 0.0560. The molecule has 1 aliphatic heterocycles. The summed E-state index contributed by atoms with van der Waals surface area (Å²) in [5.41, 5.74) is 1.04. The van der Waals surface area contributed by atoms with E-state index in [1.807, 2.05) is 0 Å². The topological polar surface area (TPSA) is 44.5 Å². The van der Waals surface area contributed by atoms with Gasteiger partial charge in [0.15, 0.2) is 0 Å². The molecule has 140 valence electrons. The first kappa shape index (κ1) is 20.1. The second kappa shape index (κ2) is 5.89. The molecule has 0 radical (unpaired) electrons. The Balaban J connectivity index is 2.45. The van der Waals surface area contributed by atoms with Crippen LogP contribution in [0.15, 0.2) is 18.2 Å². The Morgan fingerprint density at radius 2 is 1.20 bits per heavy atom. The van der Waals surface area contributed by atoms with Gasteiger partial charge < -0.3 is 15.0 Å². The molecular weight excluding hydrogens is 351 g/mol. The van der Waals surface area contributed by atoms with Crippen molar-refractivity contribution < 1.29 is 35.7 Å². The number of nitrogens with two attached hydrogens (primary N) is 1. The van der Waals surface area contributed by atoms with Gasteiger partial charge in [0.25, 0.3) is 0 Å². The van der Waals surface area contributed by atoms with Crippen LogP contribution in [0.25, 0.3) is 0 Å². The largest absolute Gasteiger partial charge is 0.480 e. The van der Waals surface area contributed by atoms with Crippen molar-refractivity contribution in [1.82, 2.24) is 0 Å². The van der Waals surface area contributed by atoms with E-state index in [9.17, 15) is 26.3 Å². The summed E-state index contributed by atoms with van der Waals surface area (Å²) < 4.78 is 89.0. The van der Waals surface area contributed by atoms with Gasteiger partial charge in [0.1, 0.15) is 0 Å². The van der Waals surface area contributed by atoms with Crippen LogP contribution in [-0.2, 0) is 21.7 Å². The number of halogens is 6. The van der Waals surface area contributed by atoms with Crippen molar-refractivity contribution in [3.63, 3.8) is 0 Å². The molecule has 0 bridgehead atoms. The molecular formula is C15H18BF6NO2. The normalized spacial score (nSPS) is 21.5. The maximum Gasteiger partial charge on any atom is 0.480 e. The number of benzene rings is 1. The van der Waals surface area contributed by atoms with Crippen LogP contribution in [0.2, 0.25) is 0 Å². The fourth-order valence-electron chi connectivity index (χ4n) is 2.36. The average molecular weight is 369 g/mol. The third-order valence-electron chi connectivity index (χ3n) is 4.56. The average Bonchev–Trinajstić information content (AvgIpc) is 2.64. The maximum absolute atomic E-state index is 13.0. The first-order valence-corrected chi connectivity index (χ1v) is 7.45. The molecule has 1 atom stereocenters. The van der Waals surface area contributed by atoms with E-state index in [-0.39, 0.29) is 11.6 Å². The number of hydrogen-bond acceptors (Lipinski definition) is 3. The van der Waals surface area contributed by atoms with Crippen LogP contribution in [-0.4, -0.2) is 18.3 Å². The summed E-state index contributed by atoms with van der Waals surface area (Å²) in [6, 6.07) is 1.23. The minimum Gasteiger partial charge on any atom is -0.402 e. The molecule has 0 aliphatic carbocycles. The number of rotatable bonds is 2. The zero-order valence-corrected chi connectivity index (χ0v) is 14.0. The van der Waals surface area contributed by atoms with Gasteiger partial charge >= 0.3 is 19.5 Å². The van der Waals surface area contributed by atoms with Gasteiger partial charge in [-0.25, -0.2) is 0 Å². The Labute approximate surface area is 141 Å². The summed E-state index contributed by atoms with van der Waals surface area (Å²) >= 11 is 0. The summed E-state index contributed by atoms with van der Waals surface area (Å²) in [6.07, 6.45) is -9.88. The zero-order valence-electron chi connectivity index (χ0n) is 14.0. The standard InChI is InChI=1S/C15H18BF6NO2/c1-12(2)13(3,4)25-16(24-12)11(23)8-5-9(14(17,18)19)7-10(6-8)15(20,21)22/h5-7,11H,23H2,1-4H3/t11-/m1/s1. The molecule has 1 saturated heterocycles. The van der Waals surface area contributed by atoms with Crippen molar-refractivity contribution in [2.24, 2.45) is 5.73 Å². The van der Waals surface area contributed by atoms with Gasteiger partial charge in [-0.3, -0.25) is 0 Å². The lowest BCUT2D eigenvalue weighted by atomic mass is 9.74. The molecule has 1 aromatic rings. The first-order chi connectivity index (χ1) is 11.0. The van der Waals surface area contributed by atoms with Gasteiger partial charge in [0.05, 0.1) is 28.3 Å². The van der Waals surface area contributed by atoms with Gasteiger partial charge in [-0.1, -0.05) is 0 Å². The Morgan fingerprint density at radius 3 is 1.52 bits per heavy atom. The van der Waals surface area contributed by atoms with Crippen LogP contribution in [0.1, 0.15) is 50.3 Å². The summed E-state index contributed by atoms with van der Waals surface area (Å²) in [5.74, 6) is -1.32. The predicted octanol–water partition coefficient (Wildman–Crippen LogP) is 4.36. The highest BCUT2D eigenvalue weighted by atomic mass is 19.4. The van der Waals surface area contributed by atoms with Crippen molar-refractivity contribution in [3.05, 3.63) is 34.9 Å². The molecule has 1 fully saturated rings. The Hall–Kier alpha value is -1.26. The fraction of sp³-hybridized carbons (Fsp3) is 0.600. The van der Waals surface area contributed by atoms with E-state index < -0.39 is 47.7 Å². The molecule has 2 N–H and O–H groups in total. The highest BCUT2D eigenvalue weighted by Crippen LogP contribution is 2.41. The second-order valence-electron chi connectivity index (χ2n) is 6.99. The number of alkyl halides is 6. The van der Waals surface area contributed by atoms with Gasteiger partial charge in [-0.2, -0.15) is 26.3 Å². The maximum atomic E-state index is 13.0. The highest BCUT2D eigenvalue weighted by molar-refractivity contribution is 6.47. The summed E-state index contributed by atoms with van der Waals surface area (Å²) in [5, 5.41) is 0. The molecule has 2 rings (SSSR count). The third kappa shape index (κ3) is 3.96. The van der Waals surface area contributed by atoms with E-state index in [4.69, 9.17) is 15.0 Å². The third-order valence-corrected chi connectivity index (χ3v) is 4.56. The van der Waals surface area contributed by atoms with Gasteiger partial charge in [0.2, 0.25) is 0 Å². The molecule has 25 heavy (non-hydrogen) atoms. The van der Waals surface area contributed by atoms with E-state index >= 15 is 0 Å². The van der Waals surface area contributed by atoms with E-state index in [2.05, 4.69) is 0 Å². The Bertz CT molecular complexity index is 608.